The first-order valence-corrected chi connectivity index (χ1v) is 11.6. The SMILES string of the molecule is CCCC(O)CCCCCCCCCCCC(CCC)S(=O)(=O)O. The second-order valence-electron chi connectivity index (χ2n) is 7.13. The molecule has 146 valence electrons. The number of unbranched alkanes of at least 4 members (excludes halogenated alkanes) is 8. The minimum absolute atomic E-state index is 0.103. The standard InChI is InChI=1S/C19H40O4S/c1-3-14-18(20)16-12-10-8-6-5-7-9-11-13-17-19(15-4-2)24(21,22)23/h18-20H,3-17H2,1-2H3,(H,21,22,23). The van der Waals surface area contributed by atoms with Gasteiger partial charge in [-0.1, -0.05) is 84.5 Å². The molecule has 2 atom stereocenters. The zero-order valence-corrected chi connectivity index (χ0v) is 16.7. The maximum atomic E-state index is 11.2. The summed E-state index contributed by atoms with van der Waals surface area (Å²) < 4.78 is 31.6. The molecule has 0 aromatic heterocycles. The van der Waals surface area contributed by atoms with Gasteiger partial charge in [-0.05, 0) is 25.7 Å². The lowest BCUT2D eigenvalue weighted by Gasteiger charge is -2.12. The summed E-state index contributed by atoms with van der Waals surface area (Å²) in [6.45, 7) is 4.05. The van der Waals surface area contributed by atoms with Gasteiger partial charge in [0.15, 0.2) is 0 Å². The van der Waals surface area contributed by atoms with Gasteiger partial charge in [-0.3, -0.25) is 4.55 Å². The van der Waals surface area contributed by atoms with Crippen LogP contribution < -0.4 is 0 Å². The number of hydrogen-bond acceptors (Lipinski definition) is 3. The predicted octanol–water partition coefficient (Wildman–Crippen LogP) is 5.50. The van der Waals surface area contributed by atoms with E-state index in [1.165, 1.54) is 32.1 Å². The summed E-state index contributed by atoms with van der Waals surface area (Å²) in [5.41, 5.74) is 0. The minimum atomic E-state index is -3.87. The zero-order valence-electron chi connectivity index (χ0n) is 15.9. The zero-order chi connectivity index (χ0) is 18.3. The fourth-order valence-corrected chi connectivity index (χ4v) is 4.23. The molecule has 4 nitrogen and oxygen atoms in total. The van der Waals surface area contributed by atoms with E-state index in [9.17, 15) is 18.1 Å². The van der Waals surface area contributed by atoms with Crippen molar-refractivity contribution in [2.24, 2.45) is 0 Å². The highest BCUT2D eigenvalue weighted by Gasteiger charge is 2.20. The van der Waals surface area contributed by atoms with Crippen molar-refractivity contribution in [1.82, 2.24) is 0 Å². The molecule has 0 saturated heterocycles. The Labute approximate surface area is 150 Å². The van der Waals surface area contributed by atoms with Crippen molar-refractivity contribution in [3.8, 4) is 0 Å². The van der Waals surface area contributed by atoms with E-state index in [0.29, 0.717) is 12.8 Å². The van der Waals surface area contributed by atoms with E-state index in [2.05, 4.69) is 6.92 Å². The van der Waals surface area contributed by atoms with E-state index in [1.807, 2.05) is 6.92 Å². The summed E-state index contributed by atoms with van der Waals surface area (Å²) in [6, 6.07) is 0. The summed E-state index contributed by atoms with van der Waals surface area (Å²) in [6.07, 6.45) is 15.2. The van der Waals surface area contributed by atoms with E-state index in [-0.39, 0.29) is 6.10 Å². The predicted molar refractivity (Wildman–Crippen MR) is 102 cm³/mol. The number of aliphatic hydroxyl groups is 1. The Morgan fingerprint density at radius 3 is 1.50 bits per heavy atom. The van der Waals surface area contributed by atoms with Gasteiger partial charge in [0, 0.05) is 0 Å². The van der Waals surface area contributed by atoms with Crippen molar-refractivity contribution in [3.05, 3.63) is 0 Å². The monoisotopic (exact) mass is 364 g/mol. The van der Waals surface area contributed by atoms with Crippen LogP contribution >= 0.6 is 0 Å². The molecule has 0 fully saturated rings. The van der Waals surface area contributed by atoms with Crippen LogP contribution in [0.3, 0.4) is 0 Å². The summed E-state index contributed by atoms with van der Waals surface area (Å²) in [4.78, 5) is 0. The molecule has 0 bridgehead atoms. The lowest BCUT2D eigenvalue weighted by molar-refractivity contribution is 0.150. The Morgan fingerprint density at radius 1 is 0.667 bits per heavy atom. The molecular formula is C19H40O4S. The van der Waals surface area contributed by atoms with Gasteiger partial charge < -0.3 is 5.11 Å². The van der Waals surface area contributed by atoms with Gasteiger partial charge in [-0.2, -0.15) is 8.42 Å². The molecular weight excluding hydrogens is 324 g/mol. The summed E-state index contributed by atoms with van der Waals surface area (Å²) >= 11 is 0. The smallest absolute Gasteiger partial charge is 0.267 e. The van der Waals surface area contributed by atoms with Gasteiger partial charge in [-0.25, -0.2) is 0 Å². The molecule has 0 aliphatic heterocycles. The van der Waals surface area contributed by atoms with Crippen molar-refractivity contribution in [2.45, 2.75) is 122 Å². The maximum Gasteiger partial charge on any atom is 0.267 e. The lowest BCUT2D eigenvalue weighted by atomic mass is 10.0. The van der Waals surface area contributed by atoms with E-state index in [0.717, 1.165) is 51.4 Å². The molecule has 5 heteroatoms. The van der Waals surface area contributed by atoms with Crippen LogP contribution in [-0.4, -0.2) is 29.4 Å². The van der Waals surface area contributed by atoms with Gasteiger partial charge in [0.25, 0.3) is 10.1 Å². The Morgan fingerprint density at radius 2 is 1.08 bits per heavy atom. The average molecular weight is 365 g/mol. The third-order valence-corrected chi connectivity index (χ3v) is 6.03. The fourth-order valence-electron chi connectivity index (χ4n) is 3.23. The lowest BCUT2D eigenvalue weighted by Crippen LogP contribution is -2.20. The molecule has 2 unspecified atom stereocenters. The van der Waals surface area contributed by atoms with E-state index < -0.39 is 15.4 Å². The van der Waals surface area contributed by atoms with E-state index in [4.69, 9.17) is 0 Å². The van der Waals surface area contributed by atoms with E-state index >= 15 is 0 Å². The second-order valence-corrected chi connectivity index (χ2v) is 8.82. The van der Waals surface area contributed by atoms with Crippen LogP contribution in [0.25, 0.3) is 0 Å². The highest BCUT2D eigenvalue weighted by molar-refractivity contribution is 7.86. The number of aliphatic hydroxyl groups excluding tert-OH is 1. The van der Waals surface area contributed by atoms with E-state index in [1.54, 1.807) is 0 Å². The molecule has 0 spiro atoms. The van der Waals surface area contributed by atoms with Crippen LogP contribution in [0, 0.1) is 0 Å². The Hall–Kier alpha value is -0.130. The van der Waals surface area contributed by atoms with Crippen LogP contribution in [-0.2, 0) is 10.1 Å². The molecule has 0 rings (SSSR count). The van der Waals surface area contributed by atoms with Crippen LogP contribution in [0.15, 0.2) is 0 Å². The molecule has 0 aliphatic carbocycles. The average Bonchev–Trinajstić information content (AvgIpc) is 2.50. The Balaban J connectivity index is 3.42. The normalized spacial score (nSPS) is 14.7. The van der Waals surface area contributed by atoms with Crippen molar-refractivity contribution in [1.29, 1.82) is 0 Å². The third-order valence-electron chi connectivity index (χ3n) is 4.72. The largest absolute Gasteiger partial charge is 0.393 e. The second kappa shape index (κ2) is 15.2. The van der Waals surface area contributed by atoms with Gasteiger partial charge >= 0.3 is 0 Å². The molecule has 2 N–H and O–H groups in total. The van der Waals surface area contributed by atoms with Crippen LogP contribution in [0.1, 0.15) is 110 Å². The van der Waals surface area contributed by atoms with Gasteiger partial charge in [0.2, 0.25) is 0 Å². The molecule has 0 heterocycles. The highest BCUT2D eigenvalue weighted by atomic mass is 32.2. The molecule has 0 radical (unpaired) electrons. The van der Waals surface area contributed by atoms with Gasteiger partial charge in [0.1, 0.15) is 0 Å². The topological polar surface area (TPSA) is 74.6 Å². The molecule has 0 aromatic carbocycles. The Kier molecular flexibility index (Phi) is 15.1. The molecule has 0 saturated carbocycles. The van der Waals surface area contributed by atoms with Gasteiger partial charge in [-0.15, -0.1) is 0 Å². The maximum absolute atomic E-state index is 11.2. The fraction of sp³-hybridized carbons (Fsp3) is 1.00. The first kappa shape index (κ1) is 23.9. The van der Waals surface area contributed by atoms with Crippen LogP contribution in [0.4, 0.5) is 0 Å². The molecule has 0 aromatic rings. The molecule has 0 aliphatic rings. The number of hydrogen-bond donors (Lipinski definition) is 2. The summed E-state index contributed by atoms with van der Waals surface area (Å²) in [7, 11) is -3.87. The van der Waals surface area contributed by atoms with Gasteiger partial charge in [0.05, 0.1) is 11.4 Å². The quantitative estimate of drug-likeness (QED) is 0.264. The third kappa shape index (κ3) is 14.2. The summed E-state index contributed by atoms with van der Waals surface area (Å²) in [5.74, 6) is 0. The van der Waals surface area contributed by atoms with Crippen molar-refractivity contribution in [3.63, 3.8) is 0 Å². The summed E-state index contributed by atoms with van der Waals surface area (Å²) in [5, 5.41) is 9.08. The van der Waals surface area contributed by atoms with Crippen LogP contribution in [0.5, 0.6) is 0 Å². The van der Waals surface area contributed by atoms with Crippen molar-refractivity contribution in [2.75, 3.05) is 0 Å². The van der Waals surface area contributed by atoms with Crippen LogP contribution in [0.2, 0.25) is 0 Å². The first-order chi connectivity index (χ1) is 11.4. The van der Waals surface area contributed by atoms with Crippen molar-refractivity contribution >= 4 is 10.1 Å². The Bertz CT molecular complexity index is 368. The molecule has 0 amide bonds. The minimum Gasteiger partial charge on any atom is -0.393 e. The highest BCUT2D eigenvalue weighted by Crippen LogP contribution is 2.17. The number of rotatable bonds is 17. The molecule has 24 heavy (non-hydrogen) atoms. The first-order valence-electron chi connectivity index (χ1n) is 10.1. The van der Waals surface area contributed by atoms with Crippen molar-refractivity contribution < 1.29 is 18.1 Å².